The number of carbonyl (C=O) groups excluding carboxylic acids is 1. The third-order valence-electron chi connectivity index (χ3n) is 3.45. The zero-order valence-electron chi connectivity index (χ0n) is 14.1. The summed E-state index contributed by atoms with van der Waals surface area (Å²) in [6, 6.07) is 2.37. The summed E-state index contributed by atoms with van der Waals surface area (Å²) in [6.45, 7) is 1.71. The Balaban J connectivity index is 2.69. The zero-order valence-corrected chi connectivity index (χ0v) is 15.6. The monoisotopic (exact) mass is 453 g/mol. The van der Waals surface area contributed by atoms with Crippen LogP contribution < -0.4 is 0 Å². The van der Waals surface area contributed by atoms with Crippen LogP contribution in [0, 0.1) is 18.3 Å². The Morgan fingerprint density at radius 1 is 1.54 bits per heavy atom. The standard InChI is InChI=1S/C15H11F3N2O4SSe/c1-9-14(26-7-20-9)12(6-24-8-21)10-2-3-13(11(4-10)5-19)25(22,23)15(16,17)18/h2-4,7-8,12H,6H2,1H3/i3D. The number of aryl methyl sites for hydroxylation is 1. The van der Waals surface area contributed by atoms with Gasteiger partial charge in [-0.1, -0.05) is 0 Å². The van der Waals surface area contributed by atoms with Crippen LogP contribution in [0.25, 0.3) is 0 Å². The van der Waals surface area contributed by atoms with Gasteiger partial charge in [0.1, 0.15) is 0 Å². The quantitative estimate of drug-likeness (QED) is 0.491. The average Bonchev–Trinajstić information content (AvgIpc) is 2.99. The van der Waals surface area contributed by atoms with Crippen molar-refractivity contribution in [1.29, 1.82) is 5.26 Å². The molecule has 1 heterocycles. The summed E-state index contributed by atoms with van der Waals surface area (Å²) in [5, 5.41) is 10.8. The van der Waals surface area contributed by atoms with Gasteiger partial charge in [0.05, 0.1) is 0 Å². The zero-order chi connectivity index (χ0) is 20.4. The van der Waals surface area contributed by atoms with Gasteiger partial charge < -0.3 is 0 Å². The number of rotatable bonds is 6. The molecule has 0 aliphatic rings. The fraction of sp³-hybridized carbons (Fsp3) is 0.267. The van der Waals surface area contributed by atoms with Gasteiger partial charge in [-0.05, 0) is 0 Å². The van der Waals surface area contributed by atoms with Crippen molar-refractivity contribution in [3.8, 4) is 6.07 Å². The number of nitriles is 1. The first-order valence-corrected chi connectivity index (χ1v) is 10.2. The van der Waals surface area contributed by atoms with Gasteiger partial charge in [0, 0.05) is 0 Å². The van der Waals surface area contributed by atoms with Crippen LogP contribution in [-0.2, 0) is 19.4 Å². The second-order valence-electron chi connectivity index (χ2n) is 5.02. The molecule has 138 valence electrons. The van der Waals surface area contributed by atoms with Crippen molar-refractivity contribution in [3.63, 3.8) is 0 Å². The van der Waals surface area contributed by atoms with E-state index >= 15 is 0 Å². The van der Waals surface area contributed by atoms with Crippen molar-refractivity contribution in [3.05, 3.63) is 44.5 Å². The predicted molar refractivity (Wildman–Crippen MR) is 84.2 cm³/mol. The number of hydrogen-bond acceptors (Lipinski definition) is 6. The minimum absolute atomic E-state index is 0.184. The first-order valence-electron chi connectivity index (χ1n) is 7.35. The summed E-state index contributed by atoms with van der Waals surface area (Å²) < 4.78 is 75.4. The Morgan fingerprint density at radius 2 is 2.23 bits per heavy atom. The molecule has 0 aliphatic heterocycles. The van der Waals surface area contributed by atoms with Gasteiger partial charge in [0.25, 0.3) is 0 Å². The average molecular weight is 452 g/mol. The van der Waals surface area contributed by atoms with Crippen LogP contribution in [0.5, 0.6) is 0 Å². The molecule has 0 amide bonds. The Morgan fingerprint density at radius 3 is 2.73 bits per heavy atom. The van der Waals surface area contributed by atoms with E-state index < -0.39 is 37.8 Å². The summed E-state index contributed by atoms with van der Waals surface area (Å²) in [7, 11) is -5.87. The van der Waals surface area contributed by atoms with Crippen LogP contribution in [0.1, 0.15) is 28.5 Å². The number of aromatic nitrogens is 1. The van der Waals surface area contributed by atoms with E-state index in [2.05, 4.69) is 4.98 Å². The molecule has 11 heteroatoms. The minimum atomic E-state index is -5.87. The van der Waals surface area contributed by atoms with Crippen LogP contribution >= 0.6 is 0 Å². The topological polar surface area (TPSA) is 97.1 Å². The molecule has 0 N–H and O–H groups in total. The summed E-state index contributed by atoms with van der Waals surface area (Å²) in [5.74, 6) is -0.656. The molecule has 1 atom stereocenters. The van der Waals surface area contributed by atoms with E-state index in [1.807, 2.05) is 0 Å². The number of halogens is 3. The Hall–Kier alpha value is -2.15. The molecular weight excluding hydrogens is 440 g/mol. The van der Waals surface area contributed by atoms with E-state index in [0.29, 0.717) is 5.69 Å². The van der Waals surface area contributed by atoms with Gasteiger partial charge in [-0.2, -0.15) is 0 Å². The van der Waals surface area contributed by atoms with Crippen LogP contribution in [0.3, 0.4) is 0 Å². The summed E-state index contributed by atoms with van der Waals surface area (Å²) in [4.78, 5) is 13.3. The number of ether oxygens (including phenoxy) is 1. The fourth-order valence-corrected chi connectivity index (χ4v) is 4.99. The van der Waals surface area contributed by atoms with Gasteiger partial charge in [0.15, 0.2) is 0 Å². The molecule has 0 spiro atoms. The van der Waals surface area contributed by atoms with Crippen LogP contribution in [-0.4, -0.2) is 46.5 Å². The molecular formula is C15H11F3N2O4SSe. The van der Waals surface area contributed by atoms with Crippen molar-refractivity contribution in [2.24, 2.45) is 0 Å². The molecule has 2 rings (SSSR count). The number of nitrogens with zero attached hydrogens (tertiary/aromatic N) is 2. The molecule has 0 saturated carbocycles. The SMILES string of the molecule is [2H]c1cc(C(COC=O)c2[se]cnc2C)cc(C#N)c1S(=O)(=O)C(F)(F)F. The normalized spacial score (nSPS) is 13.6. The molecule has 1 unspecified atom stereocenters. The first-order chi connectivity index (χ1) is 12.5. The van der Waals surface area contributed by atoms with E-state index in [9.17, 15) is 31.6 Å². The fourth-order valence-electron chi connectivity index (χ4n) is 2.23. The molecule has 2 aromatic rings. The number of alkyl halides is 3. The Kier molecular flexibility index (Phi) is 5.46. The van der Waals surface area contributed by atoms with Crippen LogP contribution in [0.4, 0.5) is 13.2 Å². The van der Waals surface area contributed by atoms with Crippen molar-refractivity contribution < 1.29 is 32.5 Å². The Labute approximate surface area is 154 Å². The molecule has 1 aromatic heterocycles. The maximum atomic E-state index is 12.9. The van der Waals surface area contributed by atoms with E-state index in [0.717, 1.165) is 16.6 Å². The van der Waals surface area contributed by atoms with Crippen molar-refractivity contribution in [2.75, 3.05) is 6.61 Å². The van der Waals surface area contributed by atoms with Crippen molar-refractivity contribution in [2.45, 2.75) is 23.2 Å². The van der Waals surface area contributed by atoms with Crippen molar-refractivity contribution >= 4 is 30.8 Å². The number of sulfone groups is 1. The number of hydrogen-bond donors (Lipinski definition) is 0. The van der Waals surface area contributed by atoms with Gasteiger partial charge in [0.2, 0.25) is 0 Å². The summed E-state index contributed by atoms with van der Waals surface area (Å²) >= 11 is -0.216. The third kappa shape index (κ3) is 3.82. The van der Waals surface area contributed by atoms with E-state index in [4.69, 9.17) is 6.11 Å². The summed E-state index contributed by atoms with van der Waals surface area (Å²) in [6.07, 6.45) is 0. The molecule has 0 aliphatic carbocycles. The molecule has 26 heavy (non-hydrogen) atoms. The van der Waals surface area contributed by atoms with E-state index in [-0.39, 0.29) is 33.1 Å². The van der Waals surface area contributed by atoms with Crippen LogP contribution in [0.15, 0.2) is 28.1 Å². The van der Waals surface area contributed by atoms with Gasteiger partial charge in [-0.15, -0.1) is 0 Å². The first kappa shape index (κ1) is 18.6. The molecule has 0 saturated heterocycles. The summed E-state index contributed by atoms with van der Waals surface area (Å²) in [5.41, 5.74) is -5.61. The van der Waals surface area contributed by atoms with E-state index in [1.165, 1.54) is 6.07 Å². The maximum absolute atomic E-state index is 12.9. The third-order valence-corrected chi connectivity index (χ3v) is 7.13. The number of carbonyl (C=O) groups is 1. The van der Waals surface area contributed by atoms with Crippen molar-refractivity contribution in [1.82, 2.24) is 4.98 Å². The van der Waals surface area contributed by atoms with Crippen LogP contribution in [0.2, 0.25) is 0 Å². The van der Waals surface area contributed by atoms with Gasteiger partial charge >= 0.3 is 154 Å². The molecule has 6 nitrogen and oxygen atoms in total. The van der Waals surface area contributed by atoms with Gasteiger partial charge in [-0.3, -0.25) is 0 Å². The molecule has 1 aromatic carbocycles. The second kappa shape index (κ2) is 7.61. The van der Waals surface area contributed by atoms with E-state index in [1.54, 1.807) is 12.0 Å². The molecule has 0 fully saturated rings. The predicted octanol–water partition coefficient (Wildman–Crippen LogP) is 1.92. The second-order valence-corrected chi connectivity index (χ2v) is 8.76. The molecule has 0 radical (unpaired) electrons. The molecule has 0 bridgehead atoms. The van der Waals surface area contributed by atoms with Gasteiger partial charge in [-0.25, -0.2) is 0 Å². The number of benzene rings is 1. The Bertz CT molecular complexity index is 1020.